The van der Waals surface area contributed by atoms with Crippen LogP contribution < -0.4 is 5.32 Å². The highest BCUT2D eigenvalue weighted by atomic mass is 16.5. The molecule has 0 spiro atoms. The van der Waals surface area contributed by atoms with E-state index >= 15 is 0 Å². The Balaban J connectivity index is 3.46. The molecule has 0 aliphatic heterocycles. The first kappa shape index (κ1) is 23.7. The van der Waals surface area contributed by atoms with Crippen molar-refractivity contribution in [1.29, 1.82) is 0 Å². The zero-order valence-corrected chi connectivity index (χ0v) is 16.6. The van der Waals surface area contributed by atoms with Gasteiger partial charge in [-0.2, -0.15) is 0 Å². The first-order chi connectivity index (χ1) is 12.1. The van der Waals surface area contributed by atoms with Crippen LogP contribution >= 0.6 is 0 Å². The maximum Gasteiger partial charge on any atom is 0.407 e. The van der Waals surface area contributed by atoms with Crippen LogP contribution in [0.15, 0.2) is 0 Å². The highest BCUT2D eigenvalue weighted by Crippen LogP contribution is 2.09. The summed E-state index contributed by atoms with van der Waals surface area (Å²) in [5, 5.41) is 2.65. The normalized spacial score (nSPS) is 11.8. The van der Waals surface area contributed by atoms with Crippen molar-refractivity contribution in [2.24, 2.45) is 0 Å². The second-order valence-electron chi connectivity index (χ2n) is 6.79. The maximum absolute atomic E-state index is 11.7. The lowest BCUT2D eigenvalue weighted by atomic mass is 10.1. The first-order valence-electron chi connectivity index (χ1n) is 10.2. The molecule has 0 bridgehead atoms. The molecular weight excluding hydrogens is 318 g/mol. The second-order valence-corrected chi connectivity index (χ2v) is 6.79. The summed E-state index contributed by atoms with van der Waals surface area (Å²) < 4.78 is 10.2. The third-order valence-electron chi connectivity index (χ3n) is 4.08. The van der Waals surface area contributed by atoms with Gasteiger partial charge in [-0.1, -0.05) is 71.6 Å². The monoisotopic (exact) mass is 357 g/mol. The molecule has 0 saturated carbocycles. The number of carbonyl (C=O) groups excluding carboxylic acids is 2. The van der Waals surface area contributed by atoms with Crippen molar-refractivity contribution >= 4 is 12.1 Å². The van der Waals surface area contributed by atoms with Crippen LogP contribution in [0.4, 0.5) is 4.79 Å². The summed E-state index contributed by atoms with van der Waals surface area (Å²) in [7, 11) is 0. The number of amides is 1. The van der Waals surface area contributed by atoms with E-state index in [-0.39, 0.29) is 18.4 Å². The minimum absolute atomic E-state index is 0.181. The number of hydrogen-bond donors (Lipinski definition) is 1. The van der Waals surface area contributed by atoms with Crippen molar-refractivity contribution in [2.75, 3.05) is 13.2 Å². The van der Waals surface area contributed by atoms with Crippen molar-refractivity contribution in [3.8, 4) is 0 Å². The molecule has 1 N–H and O–H groups in total. The lowest BCUT2D eigenvalue weighted by Gasteiger charge is -2.13. The van der Waals surface area contributed by atoms with E-state index in [1.54, 1.807) is 6.92 Å². The molecule has 0 aromatic rings. The van der Waals surface area contributed by atoms with Gasteiger partial charge in [0.2, 0.25) is 0 Å². The third-order valence-corrected chi connectivity index (χ3v) is 4.08. The van der Waals surface area contributed by atoms with Crippen molar-refractivity contribution in [1.82, 2.24) is 5.32 Å². The standard InChI is InChI=1S/C20H39NO4/c1-4-6-8-9-10-11-12-13-14-16-24-19(22)17-18(3)21-20(23)25-15-7-5-2/h18H,4-17H2,1-3H3,(H,21,23). The highest BCUT2D eigenvalue weighted by Gasteiger charge is 2.13. The number of unbranched alkanes of at least 4 members (excludes halogenated alkanes) is 9. The molecule has 0 aliphatic rings. The Morgan fingerprint density at radius 1 is 0.760 bits per heavy atom. The van der Waals surface area contributed by atoms with Crippen LogP contribution in [0.5, 0.6) is 0 Å². The third kappa shape index (κ3) is 17.4. The van der Waals surface area contributed by atoms with Gasteiger partial charge in [0.15, 0.2) is 0 Å². The number of rotatable bonds is 16. The summed E-state index contributed by atoms with van der Waals surface area (Å²) in [6.45, 7) is 6.94. The fourth-order valence-corrected chi connectivity index (χ4v) is 2.51. The molecule has 1 amide bonds. The summed E-state index contributed by atoms with van der Waals surface area (Å²) in [6.07, 6.45) is 12.7. The predicted octanol–water partition coefficient (Wildman–Crippen LogP) is 5.37. The van der Waals surface area contributed by atoms with Crippen LogP contribution in [0.25, 0.3) is 0 Å². The predicted molar refractivity (Wildman–Crippen MR) is 102 cm³/mol. The van der Waals surface area contributed by atoms with Gasteiger partial charge in [0.25, 0.3) is 0 Å². The zero-order valence-electron chi connectivity index (χ0n) is 16.6. The van der Waals surface area contributed by atoms with E-state index in [0.29, 0.717) is 13.2 Å². The molecule has 0 radical (unpaired) electrons. The van der Waals surface area contributed by atoms with E-state index in [2.05, 4.69) is 12.2 Å². The largest absolute Gasteiger partial charge is 0.466 e. The summed E-state index contributed by atoms with van der Waals surface area (Å²) in [6, 6.07) is -0.273. The van der Waals surface area contributed by atoms with E-state index in [4.69, 9.17) is 9.47 Å². The summed E-state index contributed by atoms with van der Waals surface area (Å²) in [5.74, 6) is -0.263. The Labute approximate surface area is 154 Å². The number of nitrogens with one attached hydrogen (secondary N) is 1. The number of ether oxygens (including phenoxy) is 2. The molecule has 1 unspecified atom stereocenters. The Kier molecular flexibility index (Phi) is 16.7. The highest BCUT2D eigenvalue weighted by molar-refractivity contribution is 5.72. The zero-order chi connectivity index (χ0) is 18.8. The van der Waals surface area contributed by atoms with Crippen LogP contribution in [0, 0.1) is 0 Å². The molecule has 148 valence electrons. The molecule has 1 atom stereocenters. The van der Waals surface area contributed by atoms with E-state index in [9.17, 15) is 9.59 Å². The van der Waals surface area contributed by atoms with E-state index in [1.807, 2.05) is 6.92 Å². The average Bonchev–Trinajstić information content (AvgIpc) is 2.56. The van der Waals surface area contributed by atoms with Crippen LogP contribution in [0.1, 0.15) is 97.8 Å². The van der Waals surface area contributed by atoms with Gasteiger partial charge in [-0.3, -0.25) is 4.79 Å². The minimum Gasteiger partial charge on any atom is -0.466 e. The van der Waals surface area contributed by atoms with Gasteiger partial charge in [-0.25, -0.2) is 4.79 Å². The number of alkyl carbamates (subject to hydrolysis) is 1. The number of hydrogen-bond acceptors (Lipinski definition) is 4. The van der Waals surface area contributed by atoms with Gasteiger partial charge in [0.1, 0.15) is 0 Å². The quantitative estimate of drug-likeness (QED) is 0.298. The van der Waals surface area contributed by atoms with Crippen LogP contribution in [0.2, 0.25) is 0 Å². The van der Waals surface area contributed by atoms with Crippen LogP contribution in [-0.4, -0.2) is 31.3 Å². The van der Waals surface area contributed by atoms with Gasteiger partial charge in [-0.15, -0.1) is 0 Å². The molecule has 0 aromatic heterocycles. The molecule has 0 fully saturated rings. The van der Waals surface area contributed by atoms with Crippen molar-refractivity contribution in [2.45, 2.75) is 104 Å². The Bertz CT molecular complexity index is 334. The molecule has 5 nitrogen and oxygen atoms in total. The van der Waals surface area contributed by atoms with E-state index < -0.39 is 6.09 Å². The molecule has 5 heteroatoms. The first-order valence-corrected chi connectivity index (χ1v) is 10.2. The Hall–Kier alpha value is -1.26. The lowest BCUT2D eigenvalue weighted by Crippen LogP contribution is -2.35. The average molecular weight is 358 g/mol. The summed E-state index contributed by atoms with van der Waals surface area (Å²) in [5.41, 5.74) is 0. The molecule has 0 heterocycles. The van der Waals surface area contributed by atoms with E-state index in [0.717, 1.165) is 25.7 Å². The summed E-state index contributed by atoms with van der Waals surface area (Å²) in [4.78, 5) is 23.2. The van der Waals surface area contributed by atoms with Crippen molar-refractivity contribution in [3.05, 3.63) is 0 Å². The molecular formula is C20H39NO4. The van der Waals surface area contributed by atoms with Crippen LogP contribution in [-0.2, 0) is 14.3 Å². The Morgan fingerprint density at radius 2 is 1.28 bits per heavy atom. The molecule has 0 saturated heterocycles. The topological polar surface area (TPSA) is 64.6 Å². The summed E-state index contributed by atoms with van der Waals surface area (Å²) >= 11 is 0. The lowest BCUT2D eigenvalue weighted by molar-refractivity contribution is -0.144. The SMILES string of the molecule is CCCCCCCCCCCOC(=O)CC(C)NC(=O)OCCCC. The molecule has 0 rings (SSSR count). The molecule has 0 aromatic carbocycles. The second kappa shape index (κ2) is 17.6. The fourth-order valence-electron chi connectivity index (χ4n) is 2.51. The fraction of sp³-hybridized carbons (Fsp3) is 0.900. The van der Waals surface area contributed by atoms with E-state index in [1.165, 1.54) is 44.9 Å². The smallest absolute Gasteiger partial charge is 0.407 e. The van der Waals surface area contributed by atoms with Gasteiger partial charge in [-0.05, 0) is 19.8 Å². The number of carbonyl (C=O) groups is 2. The maximum atomic E-state index is 11.7. The van der Waals surface area contributed by atoms with Crippen LogP contribution in [0.3, 0.4) is 0 Å². The van der Waals surface area contributed by atoms with Gasteiger partial charge in [0, 0.05) is 6.04 Å². The minimum atomic E-state index is -0.465. The molecule has 0 aliphatic carbocycles. The van der Waals surface area contributed by atoms with Gasteiger partial charge >= 0.3 is 12.1 Å². The van der Waals surface area contributed by atoms with Crippen molar-refractivity contribution < 1.29 is 19.1 Å². The van der Waals surface area contributed by atoms with Crippen molar-refractivity contribution in [3.63, 3.8) is 0 Å². The number of esters is 1. The van der Waals surface area contributed by atoms with Gasteiger partial charge < -0.3 is 14.8 Å². The Morgan fingerprint density at radius 3 is 1.88 bits per heavy atom. The molecule has 25 heavy (non-hydrogen) atoms. The van der Waals surface area contributed by atoms with Gasteiger partial charge in [0.05, 0.1) is 19.6 Å².